The molecular formula is C18H24OS. The lowest BCUT2D eigenvalue weighted by Crippen LogP contribution is -2.47. The highest BCUT2D eigenvalue weighted by atomic mass is 32.2. The SMILES string of the molecule is CC1(C)[C@@H]2CC[C@]13CS[C@H](Cc1ccccc1)O[C@@H]3C2. The van der Waals surface area contributed by atoms with Crippen molar-refractivity contribution in [1.29, 1.82) is 0 Å². The number of benzene rings is 1. The largest absolute Gasteiger partial charge is 0.363 e. The third-order valence-electron chi connectivity index (χ3n) is 6.45. The number of hydrogen-bond donors (Lipinski definition) is 0. The molecule has 0 aromatic heterocycles. The van der Waals surface area contributed by atoms with Crippen LogP contribution in [0.4, 0.5) is 0 Å². The Kier molecular flexibility index (Phi) is 2.98. The molecule has 0 radical (unpaired) electrons. The van der Waals surface area contributed by atoms with Crippen molar-refractivity contribution in [2.75, 3.05) is 5.75 Å². The van der Waals surface area contributed by atoms with E-state index in [0.29, 0.717) is 22.4 Å². The van der Waals surface area contributed by atoms with Gasteiger partial charge in [-0.25, -0.2) is 0 Å². The molecular weight excluding hydrogens is 264 g/mol. The van der Waals surface area contributed by atoms with E-state index in [-0.39, 0.29) is 0 Å². The Morgan fingerprint density at radius 2 is 2.05 bits per heavy atom. The third kappa shape index (κ3) is 1.74. The van der Waals surface area contributed by atoms with Crippen LogP contribution in [0.1, 0.15) is 38.7 Å². The monoisotopic (exact) mass is 288 g/mol. The summed E-state index contributed by atoms with van der Waals surface area (Å²) >= 11 is 2.06. The molecule has 1 aromatic rings. The Morgan fingerprint density at radius 1 is 1.25 bits per heavy atom. The fourth-order valence-electron chi connectivity index (χ4n) is 4.91. The molecule has 3 fully saturated rings. The molecule has 2 heteroatoms. The minimum atomic E-state index is 0.364. The van der Waals surface area contributed by atoms with E-state index in [2.05, 4.69) is 55.9 Å². The molecule has 0 amide bonds. The van der Waals surface area contributed by atoms with E-state index < -0.39 is 0 Å². The highest BCUT2D eigenvalue weighted by molar-refractivity contribution is 7.99. The van der Waals surface area contributed by atoms with Crippen LogP contribution in [0.5, 0.6) is 0 Å². The molecule has 108 valence electrons. The Morgan fingerprint density at radius 3 is 2.80 bits per heavy atom. The summed E-state index contributed by atoms with van der Waals surface area (Å²) in [6.45, 7) is 4.98. The van der Waals surface area contributed by atoms with Gasteiger partial charge in [0.25, 0.3) is 0 Å². The van der Waals surface area contributed by atoms with E-state index >= 15 is 0 Å². The quantitative estimate of drug-likeness (QED) is 0.791. The molecule has 1 saturated heterocycles. The smallest absolute Gasteiger partial charge is 0.107 e. The molecule has 1 aromatic carbocycles. The van der Waals surface area contributed by atoms with Crippen LogP contribution in [0.15, 0.2) is 30.3 Å². The number of rotatable bonds is 2. The van der Waals surface area contributed by atoms with Gasteiger partial charge in [0.15, 0.2) is 0 Å². The molecule has 4 rings (SSSR count). The zero-order valence-corrected chi connectivity index (χ0v) is 13.3. The van der Waals surface area contributed by atoms with Crippen LogP contribution >= 0.6 is 11.8 Å². The second kappa shape index (κ2) is 4.51. The van der Waals surface area contributed by atoms with E-state index in [1.54, 1.807) is 0 Å². The van der Waals surface area contributed by atoms with Crippen molar-refractivity contribution in [2.24, 2.45) is 16.7 Å². The second-order valence-corrected chi connectivity index (χ2v) is 8.55. The van der Waals surface area contributed by atoms with E-state index in [1.165, 1.54) is 30.6 Å². The number of thioether (sulfide) groups is 1. The lowest BCUT2D eigenvalue weighted by Gasteiger charge is -2.47. The summed E-state index contributed by atoms with van der Waals surface area (Å²) in [5, 5.41) is 0. The predicted molar refractivity (Wildman–Crippen MR) is 84.8 cm³/mol. The van der Waals surface area contributed by atoms with Crippen molar-refractivity contribution < 1.29 is 4.74 Å². The van der Waals surface area contributed by atoms with Crippen LogP contribution in [0.25, 0.3) is 0 Å². The van der Waals surface area contributed by atoms with E-state index in [4.69, 9.17) is 4.74 Å². The van der Waals surface area contributed by atoms with E-state index in [9.17, 15) is 0 Å². The summed E-state index contributed by atoms with van der Waals surface area (Å²) in [5.74, 6) is 2.20. The van der Waals surface area contributed by atoms with Gasteiger partial charge in [-0.15, -0.1) is 11.8 Å². The first-order valence-electron chi connectivity index (χ1n) is 7.93. The van der Waals surface area contributed by atoms with E-state index in [0.717, 1.165) is 12.3 Å². The number of hydrogen-bond acceptors (Lipinski definition) is 2. The van der Waals surface area contributed by atoms with Crippen molar-refractivity contribution >= 4 is 11.8 Å². The van der Waals surface area contributed by atoms with Crippen LogP contribution in [0.3, 0.4) is 0 Å². The first-order chi connectivity index (χ1) is 9.62. The van der Waals surface area contributed by atoms with Crippen molar-refractivity contribution in [3.8, 4) is 0 Å². The van der Waals surface area contributed by atoms with Crippen molar-refractivity contribution in [3.63, 3.8) is 0 Å². The van der Waals surface area contributed by atoms with Gasteiger partial charge >= 0.3 is 0 Å². The average molecular weight is 288 g/mol. The van der Waals surface area contributed by atoms with Gasteiger partial charge in [-0.05, 0) is 36.2 Å². The molecule has 2 saturated carbocycles. The highest BCUT2D eigenvalue weighted by Gasteiger charge is 2.66. The molecule has 1 aliphatic heterocycles. The minimum Gasteiger partial charge on any atom is -0.363 e. The Labute approximate surface area is 126 Å². The lowest BCUT2D eigenvalue weighted by atomic mass is 9.69. The van der Waals surface area contributed by atoms with Gasteiger partial charge in [-0.1, -0.05) is 44.2 Å². The molecule has 1 nitrogen and oxygen atoms in total. The first-order valence-corrected chi connectivity index (χ1v) is 8.98. The average Bonchev–Trinajstić information content (AvgIpc) is 2.82. The number of fused-ring (bicyclic) bond motifs is 1. The maximum atomic E-state index is 6.54. The summed E-state index contributed by atoms with van der Waals surface area (Å²) in [6.07, 6.45) is 5.70. The highest BCUT2D eigenvalue weighted by Crippen LogP contribution is 2.69. The summed E-state index contributed by atoms with van der Waals surface area (Å²) in [6, 6.07) is 10.8. The van der Waals surface area contributed by atoms with Gasteiger partial charge < -0.3 is 4.74 Å². The van der Waals surface area contributed by atoms with Gasteiger partial charge in [-0.3, -0.25) is 0 Å². The van der Waals surface area contributed by atoms with Crippen LogP contribution in [-0.4, -0.2) is 17.3 Å². The first kappa shape index (κ1) is 13.2. The fraction of sp³-hybridized carbons (Fsp3) is 0.667. The van der Waals surface area contributed by atoms with Gasteiger partial charge in [-0.2, -0.15) is 0 Å². The lowest BCUT2D eigenvalue weighted by molar-refractivity contribution is -0.0653. The zero-order valence-electron chi connectivity index (χ0n) is 12.5. The Balaban J connectivity index is 1.50. The normalized spacial score (nSPS) is 41.6. The van der Waals surface area contributed by atoms with Gasteiger partial charge in [0, 0.05) is 17.6 Å². The topological polar surface area (TPSA) is 9.23 Å². The van der Waals surface area contributed by atoms with Crippen molar-refractivity contribution in [3.05, 3.63) is 35.9 Å². The van der Waals surface area contributed by atoms with Crippen LogP contribution in [0, 0.1) is 16.7 Å². The Bertz CT molecular complexity index is 497. The van der Waals surface area contributed by atoms with Crippen LogP contribution in [-0.2, 0) is 11.2 Å². The summed E-state index contributed by atoms with van der Waals surface area (Å²) in [4.78, 5) is 0. The predicted octanol–water partition coefficient (Wildman–Crippen LogP) is 4.51. The van der Waals surface area contributed by atoms with Crippen molar-refractivity contribution in [2.45, 2.75) is 51.1 Å². The third-order valence-corrected chi connectivity index (χ3v) is 7.78. The maximum Gasteiger partial charge on any atom is 0.107 e. The van der Waals surface area contributed by atoms with Crippen LogP contribution < -0.4 is 0 Å². The van der Waals surface area contributed by atoms with E-state index in [1.807, 2.05) is 0 Å². The van der Waals surface area contributed by atoms with Crippen LogP contribution in [0.2, 0.25) is 0 Å². The molecule has 2 aliphatic carbocycles. The van der Waals surface area contributed by atoms with Gasteiger partial charge in [0.2, 0.25) is 0 Å². The molecule has 0 N–H and O–H groups in total. The zero-order chi connectivity index (χ0) is 13.8. The molecule has 1 spiro atoms. The summed E-state index contributed by atoms with van der Waals surface area (Å²) in [7, 11) is 0. The van der Waals surface area contributed by atoms with Gasteiger partial charge in [0.1, 0.15) is 5.44 Å². The fourth-order valence-corrected chi connectivity index (χ4v) is 6.62. The standard InChI is InChI=1S/C18H24OS/c1-17(2)14-8-9-18(17)12-20-16(19-15(18)11-14)10-13-6-4-3-5-7-13/h3-7,14-16H,8-12H2,1-2H3/t14-,15-,16-,18-/m1/s1. The Hall–Kier alpha value is -0.470. The molecule has 0 unspecified atom stereocenters. The van der Waals surface area contributed by atoms with Crippen molar-refractivity contribution in [1.82, 2.24) is 0 Å². The molecule has 20 heavy (non-hydrogen) atoms. The molecule has 3 aliphatic rings. The minimum absolute atomic E-state index is 0.364. The van der Waals surface area contributed by atoms with Gasteiger partial charge in [0.05, 0.1) is 6.10 Å². The summed E-state index contributed by atoms with van der Waals surface area (Å²) in [5.41, 5.74) is 2.73. The molecule has 2 bridgehead atoms. The maximum absolute atomic E-state index is 6.54. The summed E-state index contributed by atoms with van der Waals surface area (Å²) < 4.78 is 6.54. The molecule has 1 heterocycles. The second-order valence-electron chi connectivity index (χ2n) is 7.40. The number of ether oxygens (including phenoxy) is 1. The molecule has 4 atom stereocenters.